The topological polar surface area (TPSA) is 69.6 Å². The molecule has 1 heterocycles. The first-order valence-corrected chi connectivity index (χ1v) is 7.80. The van der Waals surface area contributed by atoms with Crippen LogP contribution in [0.1, 0.15) is 19.8 Å². The normalized spacial score (nSPS) is 20.2. The summed E-state index contributed by atoms with van der Waals surface area (Å²) in [5.41, 5.74) is -0.158. The Morgan fingerprint density at radius 2 is 1.84 bits per heavy atom. The van der Waals surface area contributed by atoms with Crippen molar-refractivity contribution >= 4 is 15.7 Å². The van der Waals surface area contributed by atoms with E-state index < -0.39 is 15.6 Å². The van der Waals surface area contributed by atoms with Gasteiger partial charge in [0.15, 0.2) is 0 Å². The number of sulfonamides is 1. The first-order chi connectivity index (χ1) is 8.87. The highest BCUT2D eigenvalue weighted by molar-refractivity contribution is 7.89. The molecule has 1 saturated heterocycles. The summed E-state index contributed by atoms with van der Waals surface area (Å²) in [6, 6.07) is 6.86. The van der Waals surface area contributed by atoms with Crippen LogP contribution in [0.4, 0.5) is 5.69 Å². The number of para-hydroxylation sites is 1. The molecule has 0 bridgehead atoms. The predicted molar refractivity (Wildman–Crippen MR) is 74.6 cm³/mol. The van der Waals surface area contributed by atoms with Gasteiger partial charge in [-0.25, -0.2) is 8.42 Å². The Morgan fingerprint density at radius 1 is 1.26 bits per heavy atom. The van der Waals surface area contributed by atoms with Crippen molar-refractivity contribution in [2.24, 2.45) is 0 Å². The van der Waals surface area contributed by atoms with Crippen molar-refractivity contribution < 1.29 is 13.5 Å². The van der Waals surface area contributed by atoms with Gasteiger partial charge in [0.05, 0.1) is 11.3 Å². The van der Waals surface area contributed by atoms with Crippen molar-refractivity contribution in [1.82, 2.24) is 4.31 Å². The van der Waals surface area contributed by atoms with Gasteiger partial charge >= 0.3 is 0 Å². The number of rotatable bonds is 3. The van der Waals surface area contributed by atoms with E-state index in [2.05, 4.69) is 5.32 Å². The van der Waals surface area contributed by atoms with Gasteiger partial charge in [-0.1, -0.05) is 12.1 Å². The van der Waals surface area contributed by atoms with Crippen molar-refractivity contribution in [2.75, 3.05) is 25.5 Å². The van der Waals surface area contributed by atoms with Crippen molar-refractivity contribution in [3.8, 4) is 0 Å². The van der Waals surface area contributed by atoms with Crippen LogP contribution >= 0.6 is 0 Å². The number of aliphatic hydroxyl groups is 1. The largest absolute Gasteiger partial charge is 0.390 e. The van der Waals surface area contributed by atoms with Crippen molar-refractivity contribution in [2.45, 2.75) is 30.3 Å². The minimum Gasteiger partial charge on any atom is -0.390 e. The van der Waals surface area contributed by atoms with Gasteiger partial charge in [0.1, 0.15) is 4.90 Å². The van der Waals surface area contributed by atoms with E-state index in [0.717, 1.165) is 0 Å². The average Bonchev–Trinajstić information content (AvgIpc) is 2.38. The Kier molecular flexibility index (Phi) is 3.85. The van der Waals surface area contributed by atoms with E-state index in [1.54, 1.807) is 38.2 Å². The maximum absolute atomic E-state index is 12.6. The molecule has 19 heavy (non-hydrogen) atoms. The summed E-state index contributed by atoms with van der Waals surface area (Å²) in [7, 11) is -1.79. The third-order valence-electron chi connectivity index (χ3n) is 3.57. The number of piperidine rings is 1. The van der Waals surface area contributed by atoms with Gasteiger partial charge in [-0.2, -0.15) is 4.31 Å². The summed E-state index contributed by atoms with van der Waals surface area (Å²) in [5, 5.41) is 12.8. The third kappa shape index (κ3) is 2.91. The highest BCUT2D eigenvalue weighted by atomic mass is 32.2. The number of hydrogen-bond acceptors (Lipinski definition) is 4. The Labute approximate surface area is 114 Å². The van der Waals surface area contributed by atoms with Gasteiger partial charge in [-0.15, -0.1) is 0 Å². The molecule has 0 aliphatic carbocycles. The van der Waals surface area contributed by atoms with E-state index in [1.807, 2.05) is 0 Å². The van der Waals surface area contributed by atoms with E-state index in [0.29, 0.717) is 36.5 Å². The van der Waals surface area contributed by atoms with E-state index in [9.17, 15) is 13.5 Å². The smallest absolute Gasteiger partial charge is 0.245 e. The Hall–Kier alpha value is -1.11. The van der Waals surface area contributed by atoms with Gasteiger partial charge in [-0.05, 0) is 31.9 Å². The summed E-state index contributed by atoms with van der Waals surface area (Å²) in [5.74, 6) is 0. The molecule has 0 unspecified atom stereocenters. The number of nitrogens with one attached hydrogen (secondary N) is 1. The van der Waals surface area contributed by atoms with Crippen LogP contribution in [0.5, 0.6) is 0 Å². The molecule has 1 aliphatic rings. The molecule has 0 atom stereocenters. The van der Waals surface area contributed by atoms with Crippen LogP contribution in [0.3, 0.4) is 0 Å². The summed E-state index contributed by atoms with van der Waals surface area (Å²) in [6.45, 7) is 2.46. The monoisotopic (exact) mass is 284 g/mol. The molecule has 1 aliphatic heterocycles. The predicted octanol–water partition coefficient (Wildman–Crippen LogP) is 1.26. The second-order valence-corrected chi connectivity index (χ2v) is 7.05. The standard InChI is InChI=1S/C13H20N2O3S/c1-13(16)7-9-15(10-8-13)19(17,18)12-6-4-3-5-11(12)14-2/h3-6,14,16H,7-10H2,1-2H3. The summed E-state index contributed by atoms with van der Waals surface area (Å²) in [4.78, 5) is 0.291. The lowest BCUT2D eigenvalue weighted by molar-refractivity contribution is 0.0126. The molecule has 1 aromatic carbocycles. The van der Waals surface area contributed by atoms with Gasteiger partial charge in [0.25, 0.3) is 0 Å². The van der Waals surface area contributed by atoms with E-state index in [1.165, 1.54) is 4.31 Å². The van der Waals surface area contributed by atoms with Gasteiger partial charge in [-0.3, -0.25) is 0 Å². The number of anilines is 1. The molecule has 2 rings (SSSR count). The molecule has 106 valence electrons. The number of nitrogens with zero attached hydrogens (tertiary/aromatic N) is 1. The van der Waals surface area contributed by atoms with Crippen LogP contribution < -0.4 is 5.32 Å². The van der Waals surface area contributed by atoms with Crippen LogP contribution in [-0.2, 0) is 10.0 Å². The fraction of sp³-hybridized carbons (Fsp3) is 0.538. The average molecular weight is 284 g/mol. The van der Waals surface area contributed by atoms with E-state index in [-0.39, 0.29) is 0 Å². The van der Waals surface area contributed by atoms with Crippen LogP contribution in [0.15, 0.2) is 29.2 Å². The fourth-order valence-electron chi connectivity index (χ4n) is 2.25. The first kappa shape index (κ1) is 14.3. The molecule has 0 saturated carbocycles. The molecule has 0 radical (unpaired) electrons. The lowest BCUT2D eigenvalue weighted by atomic mass is 9.95. The van der Waals surface area contributed by atoms with Crippen LogP contribution in [0.2, 0.25) is 0 Å². The summed E-state index contributed by atoms with van der Waals surface area (Å²) in [6.07, 6.45) is 0.932. The zero-order valence-corrected chi connectivity index (χ0v) is 12.1. The second-order valence-electron chi connectivity index (χ2n) is 5.15. The number of benzene rings is 1. The second kappa shape index (κ2) is 5.11. The van der Waals surface area contributed by atoms with Crippen LogP contribution in [0, 0.1) is 0 Å². The summed E-state index contributed by atoms with van der Waals surface area (Å²) < 4.78 is 26.6. The fourth-order valence-corrected chi connectivity index (χ4v) is 3.89. The molecule has 1 aromatic rings. The molecule has 0 amide bonds. The molecule has 5 nitrogen and oxygen atoms in total. The molecule has 0 aromatic heterocycles. The molecule has 6 heteroatoms. The zero-order valence-electron chi connectivity index (χ0n) is 11.3. The highest BCUT2D eigenvalue weighted by Crippen LogP contribution is 2.29. The molecule has 2 N–H and O–H groups in total. The van der Waals surface area contributed by atoms with Crippen molar-refractivity contribution in [3.63, 3.8) is 0 Å². The van der Waals surface area contributed by atoms with Gasteiger partial charge in [0, 0.05) is 20.1 Å². The van der Waals surface area contributed by atoms with Crippen LogP contribution in [-0.4, -0.2) is 43.6 Å². The highest BCUT2D eigenvalue weighted by Gasteiger charge is 2.34. The van der Waals surface area contributed by atoms with E-state index >= 15 is 0 Å². The molecule has 0 spiro atoms. The van der Waals surface area contributed by atoms with E-state index in [4.69, 9.17) is 0 Å². The third-order valence-corrected chi connectivity index (χ3v) is 5.53. The summed E-state index contributed by atoms with van der Waals surface area (Å²) >= 11 is 0. The molecular formula is C13H20N2O3S. The maximum atomic E-state index is 12.6. The lowest BCUT2D eigenvalue weighted by Crippen LogP contribution is -2.45. The maximum Gasteiger partial charge on any atom is 0.245 e. The zero-order chi connectivity index (χ0) is 14.1. The first-order valence-electron chi connectivity index (χ1n) is 6.36. The lowest BCUT2D eigenvalue weighted by Gasteiger charge is -2.35. The van der Waals surface area contributed by atoms with Gasteiger partial charge in [0.2, 0.25) is 10.0 Å². The quantitative estimate of drug-likeness (QED) is 0.877. The van der Waals surface area contributed by atoms with Gasteiger partial charge < -0.3 is 10.4 Å². The Bertz CT molecular complexity index is 545. The Balaban J connectivity index is 2.28. The minimum absolute atomic E-state index is 0.291. The van der Waals surface area contributed by atoms with Crippen molar-refractivity contribution in [3.05, 3.63) is 24.3 Å². The minimum atomic E-state index is -3.50. The molecule has 1 fully saturated rings. The Morgan fingerprint density at radius 3 is 2.42 bits per heavy atom. The number of hydrogen-bond donors (Lipinski definition) is 2. The van der Waals surface area contributed by atoms with Crippen LogP contribution in [0.25, 0.3) is 0 Å². The van der Waals surface area contributed by atoms with Crippen molar-refractivity contribution in [1.29, 1.82) is 0 Å². The SMILES string of the molecule is CNc1ccccc1S(=O)(=O)N1CCC(C)(O)CC1. The molecular weight excluding hydrogens is 264 g/mol.